The fraction of sp³-hybridized carbons (Fsp3) is 0.231. The van der Waals surface area contributed by atoms with E-state index in [1.54, 1.807) is 49.5 Å². The largest absolute Gasteiger partial charge is 0.493 e. The molecule has 2 heterocycles. The summed E-state index contributed by atoms with van der Waals surface area (Å²) in [6, 6.07) is 14.2. The first-order valence-electron chi connectivity index (χ1n) is 11.0. The van der Waals surface area contributed by atoms with Crippen LogP contribution in [0.1, 0.15) is 33.0 Å². The third-order valence-electron chi connectivity index (χ3n) is 5.70. The number of methoxy groups -OCH3 is 2. The van der Waals surface area contributed by atoms with Gasteiger partial charge in [0, 0.05) is 19.2 Å². The van der Waals surface area contributed by atoms with Crippen LogP contribution in [0.3, 0.4) is 0 Å². The molecule has 4 rings (SSSR count). The van der Waals surface area contributed by atoms with Gasteiger partial charge in [0.2, 0.25) is 5.91 Å². The van der Waals surface area contributed by atoms with Crippen LogP contribution in [0.4, 0.5) is 0 Å². The van der Waals surface area contributed by atoms with Crippen LogP contribution in [-0.2, 0) is 24.4 Å². The van der Waals surface area contributed by atoms with Crippen molar-refractivity contribution in [3.8, 4) is 17.2 Å². The minimum absolute atomic E-state index is 0.00712. The first-order chi connectivity index (χ1) is 17.0. The second kappa shape index (κ2) is 10.8. The first kappa shape index (κ1) is 23.9. The number of carbonyl (C=O) groups is 2. The van der Waals surface area contributed by atoms with Crippen LogP contribution in [-0.4, -0.2) is 42.7 Å². The van der Waals surface area contributed by atoms with Crippen molar-refractivity contribution in [2.24, 2.45) is 0 Å². The summed E-state index contributed by atoms with van der Waals surface area (Å²) in [5, 5.41) is 8.63. The molecule has 35 heavy (non-hydrogen) atoms. The van der Waals surface area contributed by atoms with Crippen LogP contribution in [0, 0.1) is 0 Å². The lowest BCUT2D eigenvalue weighted by Gasteiger charge is -2.28. The summed E-state index contributed by atoms with van der Waals surface area (Å²) in [7, 11) is 3.21. The third kappa shape index (κ3) is 5.64. The van der Waals surface area contributed by atoms with Crippen molar-refractivity contribution in [3.63, 3.8) is 0 Å². The smallest absolute Gasteiger partial charge is 0.310 e. The van der Waals surface area contributed by atoms with Gasteiger partial charge in [-0.1, -0.05) is 12.1 Å². The van der Waals surface area contributed by atoms with Gasteiger partial charge in [-0.2, -0.15) is 0 Å². The number of amides is 2. The number of hydrogen-bond donors (Lipinski definition) is 2. The van der Waals surface area contributed by atoms with E-state index in [-0.39, 0.29) is 18.3 Å². The lowest BCUT2D eigenvalue weighted by atomic mass is 9.98. The third-order valence-corrected chi connectivity index (χ3v) is 5.70. The Morgan fingerprint density at radius 3 is 2.46 bits per heavy atom. The maximum absolute atomic E-state index is 12.8. The molecule has 0 radical (unpaired) electrons. The van der Waals surface area contributed by atoms with Gasteiger partial charge in [-0.25, -0.2) is 5.48 Å². The highest BCUT2D eigenvalue weighted by Crippen LogP contribution is 2.33. The number of benzene rings is 2. The molecule has 1 aliphatic heterocycles. The first-order valence-corrected chi connectivity index (χ1v) is 11.0. The van der Waals surface area contributed by atoms with Crippen molar-refractivity contribution in [2.45, 2.75) is 19.6 Å². The van der Waals surface area contributed by atoms with Crippen molar-refractivity contribution in [2.75, 3.05) is 20.8 Å². The monoisotopic (exact) mass is 478 g/mol. The Balaban J connectivity index is 1.32. The molecule has 0 unspecified atom stereocenters. The molecular weight excluding hydrogens is 452 g/mol. The molecule has 0 aliphatic carbocycles. The summed E-state index contributed by atoms with van der Waals surface area (Å²) in [5.74, 6) is 1.60. The number of rotatable bonds is 8. The van der Waals surface area contributed by atoms with E-state index in [0.717, 1.165) is 23.1 Å². The lowest BCUT2D eigenvalue weighted by Crippen LogP contribution is -2.34. The van der Waals surface area contributed by atoms with Gasteiger partial charge in [0.1, 0.15) is 18.1 Å². The molecule has 0 saturated heterocycles. The van der Waals surface area contributed by atoms with Gasteiger partial charge < -0.3 is 23.5 Å². The van der Waals surface area contributed by atoms with Crippen molar-refractivity contribution in [1.82, 2.24) is 10.4 Å². The topological polar surface area (TPSA) is 110 Å². The van der Waals surface area contributed by atoms with Crippen LogP contribution < -0.4 is 19.7 Å². The van der Waals surface area contributed by atoms with Gasteiger partial charge in [0.05, 0.1) is 14.2 Å². The van der Waals surface area contributed by atoms with Gasteiger partial charge >= 0.3 is 5.91 Å². The Hall–Kier alpha value is -4.24. The number of carbonyl (C=O) groups excluding carboxylic acids is 2. The zero-order valence-electron chi connectivity index (χ0n) is 19.4. The van der Waals surface area contributed by atoms with E-state index in [1.165, 1.54) is 11.5 Å². The summed E-state index contributed by atoms with van der Waals surface area (Å²) in [4.78, 5) is 25.9. The van der Waals surface area contributed by atoms with Crippen LogP contribution in [0.15, 0.2) is 59.0 Å². The Kier molecular flexibility index (Phi) is 7.37. The number of fused-ring (bicyclic) bond motifs is 1. The van der Waals surface area contributed by atoms with Gasteiger partial charge in [0.15, 0.2) is 17.3 Å². The summed E-state index contributed by atoms with van der Waals surface area (Å²) in [6.07, 6.45) is 4.09. The number of nitrogens with zero attached hydrogens (tertiary/aromatic N) is 1. The van der Waals surface area contributed by atoms with Crippen molar-refractivity contribution in [3.05, 3.63) is 82.8 Å². The summed E-state index contributed by atoms with van der Waals surface area (Å²) in [6.45, 7) is 1.27. The number of ether oxygens (including phenoxy) is 3. The molecular formula is C26H26N2O7. The molecule has 9 heteroatoms. The molecule has 2 aromatic carbocycles. The number of furan rings is 1. The van der Waals surface area contributed by atoms with Crippen LogP contribution in [0.2, 0.25) is 0 Å². The van der Waals surface area contributed by atoms with E-state index in [1.807, 2.05) is 24.3 Å². The SMILES string of the molecule is COc1cc2c(cc1OC)CN(C(=O)/C=C/c1ccc(OCc3ccc(C(=O)NO)o3)cc1)CC2. The minimum atomic E-state index is -0.726. The molecule has 2 amide bonds. The van der Waals surface area contributed by atoms with Crippen molar-refractivity contribution >= 4 is 17.9 Å². The van der Waals surface area contributed by atoms with Gasteiger partial charge in [-0.3, -0.25) is 14.8 Å². The molecule has 3 aromatic rings. The normalized spacial score (nSPS) is 12.8. The van der Waals surface area contributed by atoms with E-state index in [2.05, 4.69) is 0 Å². The highest BCUT2D eigenvalue weighted by Gasteiger charge is 2.21. The van der Waals surface area contributed by atoms with E-state index < -0.39 is 5.91 Å². The maximum atomic E-state index is 12.8. The fourth-order valence-corrected chi connectivity index (χ4v) is 3.81. The summed E-state index contributed by atoms with van der Waals surface area (Å²) in [5.41, 5.74) is 4.58. The van der Waals surface area contributed by atoms with Gasteiger partial charge in [-0.15, -0.1) is 0 Å². The minimum Gasteiger partial charge on any atom is -0.493 e. The quantitative estimate of drug-likeness (QED) is 0.289. The Morgan fingerprint density at radius 2 is 1.77 bits per heavy atom. The van der Waals surface area contributed by atoms with E-state index >= 15 is 0 Å². The molecule has 9 nitrogen and oxygen atoms in total. The molecule has 1 aliphatic rings. The van der Waals surface area contributed by atoms with Gasteiger partial charge in [0.25, 0.3) is 0 Å². The van der Waals surface area contributed by atoms with Crippen molar-refractivity contribution < 1.29 is 33.4 Å². The second-order valence-electron chi connectivity index (χ2n) is 7.88. The van der Waals surface area contributed by atoms with Crippen LogP contribution in [0.25, 0.3) is 6.08 Å². The van der Waals surface area contributed by atoms with E-state index in [9.17, 15) is 9.59 Å². The van der Waals surface area contributed by atoms with Crippen molar-refractivity contribution in [1.29, 1.82) is 0 Å². The molecule has 2 N–H and O–H groups in total. The fourth-order valence-electron chi connectivity index (χ4n) is 3.81. The Bertz CT molecular complexity index is 1230. The summed E-state index contributed by atoms with van der Waals surface area (Å²) < 4.78 is 21.7. The lowest BCUT2D eigenvalue weighted by molar-refractivity contribution is -0.126. The maximum Gasteiger partial charge on any atom is 0.310 e. The Morgan fingerprint density at radius 1 is 1.06 bits per heavy atom. The van der Waals surface area contributed by atoms with Crippen LogP contribution >= 0.6 is 0 Å². The summed E-state index contributed by atoms with van der Waals surface area (Å²) >= 11 is 0. The predicted octanol–water partition coefficient (Wildman–Crippen LogP) is 3.59. The molecule has 0 atom stereocenters. The van der Waals surface area contributed by atoms with Crippen LogP contribution in [0.5, 0.6) is 17.2 Å². The highest BCUT2D eigenvalue weighted by molar-refractivity contribution is 5.92. The molecule has 0 saturated carbocycles. The highest BCUT2D eigenvalue weighted by atomic mass is 16.5. The average Bonchev–Trinajstić information content (AvgIpc) is 3.38. The van der Waals surface area contributed by atoms with E-state index in [4.69, 9.17) is 23.8 Å². The average molecular weight is 479 g/mol. The molecule has 0 spiro atoms. The Labute approximate surface area is 202 Å². The van der Waals surface area contributed by atoms with Gasteiger partial charge in [-0.05, 0) is 65.6 Å². The molecule has 1 aromatic heterocycles. The molecule has 0 fully saturated rings. The molecule has 182 valence electrons. The second-order valence-corrected chi connectivity index (χ2v) is 7.88. The number of nitrogens with one attached hydrogen (secondary N) is 1. The predicted molar refractivity (Wildman–Crippen MR) is 126 cm³/mol. The number of hydroxylamine groups is 1. The number of hydrogen-bond acceptors (Lipinski definition) is 7. The molecule has 0 bridgehead atoms. The zero-order chi connectivity index (χ0) is 24.8. The standard InChI is InChI=1S/C26H26N2O7/c1-32-23-13-18-11-12-28(15-19(18)14-24(23)33-2)25(29)10-5-17-3-6-20(7-4-17)34-16-21-8-9-22(35-21)26(30)27-31/h3-10,13-14,31H,11-12,15-16H2,1-2H3,(H,27,30)/b10-5+. The van der Waals surface area contributed by atoms with E-state index in [0.29, 0.717) is 36.1 Å². The zero-order valence-corrected chi connectivity index (χ0v) is 19.4.